The van der Waals surface area contributed by atoms with Gasteiger partial charge in [0, 0.05) is 11.4 Å². The molecule has 1 N–H and O–H groups in total. The third-order valence-electron chi connectivity index (χ3n) is 6.57. The lowest BCUT2D eigenvalue weighted by Gasteiger charge is -2.32. The molecule has 3 aromatic rings. The van der Waals surface area contributed by atoms with Gasteiger partial charge in [-0.15, -0.1) is 11.3 Å². The van der Waals surface area contributed by atoms with E-state index in [4.69, 9.17) is 0 Å². The van der Waals surface area contributed by atoms with Crippen LogP contribution in [0.4, 0.5) is 0 Å². The predicted molar refractivity (Wildman–Crippen MR) is 119 cm³/mol. The Labute approximate surface area is 189 Å². The third-order valence-corrected chi connectivity index (χ3v) is 7.56. The van der Waals surface area contributed by atoms with Crippen LogP contribution >= 0.6 is 11.3 Å². The van der Waals surface area contributed by atoms with Crippen LogP contribution in [0.3, 0.4) is 0 Å². The first-order valence-corrected chi connectivity index (χ1v) is 11.3. The number of nitrogens with zero attached hydrogens (tertiary/aromatic N) is 2. The van der Waals surface area contributed by atoms with E-state index >= 15 is 0 Å². The van der Waals surface area contributed by atoms with Gasteiger partial charge in [-0.05, 0) is 29.5 Å². The monoisotopic (exact) mass is 446 g/mol. The fourth-order valence-corrected chi connectivity index (χ4v) is 5.80. The van der Waals surface area contributed by atoms with E-state index < -0.39 is 34.8 Å². The molecule has 2 aliphatic heterocycles. The van der Waals surface area contributed by atoms with Crippen molar-refractivity contribution in [3.05, 3.63) is 94.2 Å². The first kappa shape index (κ1) is 20.6. The summed E-state index contributed by atoms with van der Waals surface area (Å²) in [6.45, 7) is 1.83. The Morgan fingerprint density at radius 1 is 0.844 bits per heavy atom. The average Bonchev–Trinajstić information content (AvgIpc) is 3.45. The second kappa shape index (κ2) is 7.39. The van der Waals surface area contributed by atoms with Gasteiger partial charge in [-0.2, -0.15) is 0 Å². The Hall–Kier alpha value is -3.29. The number of rotatable bonds is 5. The van der Waals surface area contributed by atoms with Crippen LogP contribution in [0.5, 0.6) is 0 Å². The molecule has 0 aliphatic carbocycles. The standard InChI is InChI=1S/C25H22N2O4S/c1-24-20(21(28)26(22(24)29)15-17-9-4-2-5-10-17)25(31,19-13-8-14-32-19)23(30)27(24)16-18-11-6-3-7-12-18/h2-14,20,31H,15-16H2,1H3/t20-,24-,25+/m0/s1. The van der Waals surface area contributed by atoms with E-state index in [1.165, 1.54) is 21.1 Å². The smallest absolute Gasteiger partial charge is 0.262 e. The number of carbonyl (C=O) groups excluding carboxylic acids is 3. The highest BCUT2D eigenvalue weighted by molar-refractivity contribution is 7.10. The molecule has 2 fully saturated rings. The molecule has 3 amide bonds. The SMILES string of the molecule is C[C@@]12C(=O)N(Cc3ccccc3)C(=O)[C@@H]1[C@](O)(c1cccs1)C(=O)N2Cc1ccccc1. The number of fused-ring (bicyclic) bond motifs is 1. The molecule has 1 aromatic heterocycles. The summed E-state index contributed by atoms with van der Waals surface area (Å²) < 4.78 is 0. The van der Waals surface area contributed by atoms with Gasteiger partial charge in [0.2, 0.25) is 5.91 Å². The number of benzene rings is 2. The molecule has 5 rings (SSSR count). The van der Waals surface area contributed by atoms with Crippen LogP contribution in [0.25, 0.3) is 0 Å². The first-order chi connectivity index (χ1) is 15.4. The van der Waals surface area contributed by atoms with Gasteiger partial charge in [-0.3, -0.25) is 19.3 Å². The summed E-state index contributed by atoms with van der Waals surface area (Å²) in [4.78, 5) is 44.0. The van der Waals surface area contributed by atoms with Crippen LogP contribution in [0.15, 0.2) is 78.2 Å². The molecule has 2 aliphatic rings. The summed E-state index contributed by atoms with van der Waals surface area (Å²) in [6, 6.07) is 21.9. The van der Waals surface area contributed by atoms with Crippen LogP contribution in [-0.4, -0.2) is 38.2 Å². The molecule has 2 aromatic carbocycles. The van der Waals surface area contributed by atoms with Crippen molar-refractivity contribution < 1.29 is 19.5 Å². The van der Waals surface area contributed by atoms with E-state index in [9.17, 15) is 19.5 Å². The predicted octanol–water partition coefficient (Wildman–Crippen LogP) is 2.92. The van der Waals surface area contributed by atoms with E-state index in [0.717, 1.165) is 11.1 Å². The number of hydrogen-bond donors (Lipinski definition) is 1. The zero-order valence-corrected chi connectivity index (χ0v) is 18.3. The van der Waals surface area contributed by atoms with E-state index in [-0.39, 0.29) is 13.1 Å². The zero-order chi connectivity index (χ0) is 22.5. The fraction of sp³-hybridized carbons (Fsp3) is 0.240. The van der Waals surface area contributed by atoms with E-state index in [2.05, 4.69) is 0 Å². The van der Waals surface area contributed by atoms with Crippen molar-refractivity contribution in [3.8, 4) is 0 Å². The molecule has 3 heterocycles. The Bertz CT molecular complexity index is 1180. The number of aliphatic hydroxyl groups is 1. The van der Waals surface area contributed by atoms with Gasteiger partial charge in [-0.1, -0.05) is 66.7 Å². The molecule has 0 saturated carbocycles. The zero-order valence-electron chi connectivity index (χ0n) is 17.5. The normalized spacial score (nSPS) is 27.3. The number of hydrogen-bond acceptors (Lipinski definition) is 5. The minimum atomic E-state index is -2.09. The van der Waals surface area contributed by atoms with Gasteiger partial charge < -0.3 is 10.0 Å². The summed E-state index contributed by atoms with van der Waals surface area (Å²) in [5, 5.41) is 13.5. The maximum Gasteiger partial charge on any atom is 0.262 e. The molecule has 2 saturated heterocycles. The lowest BCUT2D eigenvalue weighted by molar-refractivity contribution is -0.157. The molecule has 32 heavy (non-hydrogen) atoms. The molecule has 162 valence electrons. The van der Waals surface area contributed by atoms with E-state index in [1.54, 1.807) is 24.4 Å². The number of amides is 3. The van der Waals surface area contributed by atoms with Crippen molar-refractivity contribution in [2.45, 2.75) is 31.2 Å². The van der Waals surface area contributed by atoms with Crippen molar-refractivity contribution in [2.24, 2.45) is 5.92 Å². The van der Waals surface area contributed by atoms with Gasteiger partial charge in [0.05, 0.1) is 6.54 Å². The molecular formula is C25H22N2O4S. The van der Waals surface area contributed by atoms with E-state index in [1.807, 2.05) is 60.7 Å². The van der Waals surface area contributed by atoms with Gasteiger partial charge in [0.25, 0.3) is 11.8 Å². The van der Waals surface area contributed by atoms with Crippen molar-refractivity contribution >= 4 is 29.1 Å². The number of likely N-dealkylation sites (tertiary alicyclic amines) is 2. The Morgan fingerprint density at radius 2 is 1.44 bits per heavy atom. The Balaban J connectivity index is 1.62. The summed E-state index contributed by atoms with van der Waals surface area (Å²) in [5.41, 5.74) is -1.95. The molecule has 6 nitrogen and oxygen atoms in total. The summed E-state index contributed by atoms with van der Waals surface area (Å²) in [6.07, 6.45) is 0. The van der Waals surface area contributed by atoms with Gasteiger partial charge >= 0.3 is 0 Å². The van der Waals surface area contributed by atoms with Gasteiger partial charge in [0.1, 0.15) is 11.5 Å². The maximum atomic E-state index is 13.7. The van der Waals surface area contributed by atoms with Crippen LogP contribution in [0, 0.1) is 5.92 Å². The van der Waals surface area contributed by atoms with Crippen molar-refractivity contribution in [1.29, 1.82) is 0 Å². The molecule has 0 spiro atoms. The highest BCUT2D eigenvalue weighted by Crippen LogP contribution is 2.54. The fourth-order valence-electron chi connectivity index (χ4n) is 4.95. The summed E-state index contributed by atoms with van der Waals surface area (Å²) >= 11 is 1.21. The van der Waals surface area contributed by atoms with Gasteiger partial charge in [0.15, 0.2) is 5.60 Å². The molecule has 7 heteroatoms. The van der Waals surface area contributed by atoms with Gasteiger partial charge in [-0.25, -0.2) is 0 Å². The van der Waals surface area contributed by atoms with Crippen molar-refractivity contribution in [2.75, 3.05) is 0 Å². The van der Waals surface area contributed by atoms with Crippen molar-refractivity contribution in [1.82, 2.24) is 9.80 Å². The van der Waals surface area contributed by atoms with Crippen LogP contribution in [0.2, 0.25) is 0 Å². The number of carbonyl (C=O) groups is 3. The minimum absolute atomic E-state index is 0.0957. The molecule has 0 unspecified atom stereocenters. The molecule has 0 radical (unpaired) electrons. The molecule has 0 bridgehead atoms. The molecule has 3 atom stereocenters. The highest BCUT2D eigenvalue weighted by atomic mass is 32.1. The second-order valence-electron chi connectivity index (χ2n) is 8.42. The quantitative estimate of drug-likeness (QED) is 0.612. The Morgan fingerprint density at radius 3 is 2.00 bits per heavy atom. The average molecular weight is 447 g/mol. The number of thiophene rings is 1. The van der Waals surface area contributed by atoms with Crippen LogP contribution < -0.4 is 0 Å². The summed E-state index contributed by atoms with van der Waals surface area (Å²) in [5.74, 6) is -2.83. The van der Waals surface area contributed by atoms with Crippen molar-refractivity contribution in [3.63, 3.8) is 0 Å². The Kier molecular flexibility index (Phi) is 4.76. The lowest BCUT2D eigenvalue weighted by Crippen LogP contribution is -2.51. The third kappa shape index (κ3) is 2.78. The van der Waals surface area contributed by atoms with E-state index in [0.29, 0.717) is 4.88 Å². The first-order valence-electron chi connectivity index (χ1n) is 10.4. The van der Waals surface area contributed by atoms with Crippen LogP contribution in [-0.2, 0) is 33.1 Å². The number of imide groups is 1. The van der Waals surface area contributed by atoms with Crippen LogP contribution in [0.1, 0.15) is 22.9 Å². The lowest BCUT2D eigenvalue weighted by atomic mass is 9.79. The minimum Gasteiger partial charge on any atom is -0.374 e. The second-order valence-corrected chi connectivity index (χ2v) is 9.36. The topological polar surface area (TPSA) is 77.9 Å². The maximum absolute atomic E-state index is 13.7. The summed E-state index contributed by atoms with van der Waals surface area (Å²) in [7, 11) is 0. The largest absolute Gasteiger partial charge is 0.374 e. The molecular weight excluding hydrogens is 424 g/mol. The highest BCUT2D eigenvalue weighted by Gasteiger charge is 2.76.